The highest BCUT2D eigenvalue weighted by Gasteiger charge is 2.33. The van der Waals surface area contributed by atoms with Crippen molar-refractivity contribution < 1.29 is 9.84 Å². The highest BCUT2D eigenvalue weighted by Crippen LogP contribution is 2.41. The van der Waals surface area contributed by atoms with Crippen molar-refractivity contribution in [2.24, 2.45) is 0 Å². The fourth-order valence-corrected chi connectivity index (χ4v) is 2.37. The lowest BCUT2D eigenvalue weighted by Gasteiger charge is -2.26. The number of fused-ring (bicyclic) bond motifs is 1. The van der Waals surface area contributed by atoms with Gasteiger partial charge in [-0.15, -0.1) is 0 Å². The lowest BCUT2D eigenvalue weighted by molar-refractivity contribution is 0.252. The molecule has 0 fully saturated rings. The van der Waals surface area contributed by atoms with Crippen LogP contribution in [0.25, 0.3) is 0 Å². The van der Waals surface area contributed by atoms with E-state index in [9.17, 15) is 0 Å². The number of hydrogen-bond acceptors (Lipinski definition) is 2. The predicted molar refractivity (Wildman–Crippen MR) is 69.7 cm³/mol. The summed E-state index contributed by atoms with van der Waals surface area (Å²) in [5, 5.41) is 9.13. The first-order chi connectivity index (χ1) is 7.87. The number of ether oxygens (including phenoxy) is 1. The third-order valence-corrected chi connectivity index (χ3v) is 3.82. The lowest BCUT2D eigenvalue weighted by Crippen LogP contribution is -2.21. The first-order valence-electron chi connectivity index (χ1n) is 6.25. The Bertz CT molecular complexity index is 419. The van der Waals surface area contributed by atoms with Gasteiger partial charge in [0.2, 0.25) is 0 Å². The average Bonchev–Trinajstić information content (AvgIpc) is 2.55. The zero-order valence-electron chi connectivity index (χ0n) is 11.2. The van der Waals surface area contributed by atoms with Gasteiger partial charge >= 0.3 is 0 Å². The van der Waals surface area contributed by atoms with E-state index in [1.54, 1.807) is 0 Å². The quantitative estimate of drug-likeness (QED) is 0.871. The minimum Gasteiger partial charge on any atom is -0.492 e. The van der Waals surface area contributed by atoms with Crippen molar-refractivity contribution in [2.45, 2.75) is 44.9 Å². The number of aliphatic hydroxyl groups excluding tert-OH is 1. The molecule has 1 aliphatic rings. The molecule has 0 unspecified atom stereocenters. The molecular weight excluding hydrogens is 212 g/mol. The summed E-state index contributed by atoms with van der Waals surface area (Å²) in [6, 6.07) is 6.44. The molecule has 2 heteroatoms. The number of hydrogen-bond donors (Lipinski definition) is 1. The molecule has 0 amide bonds. The van der Waals surface area contributed by atoms with E-state index >= 15 is 0 Å². The monoisotopic (exact) mass is 234 g/mol. The van der Waals surface area contributed by atoms with Crippen LogP contribution in [0.3, 0.4) is 0 Å². The molecule has 1 aromatic carbocycles. The van der Waals surface area contributed by atoms with Crippen LogP contribution < -0.4 is 4.74 Å². The van der Waals surface area contributed by atoms with E-state index in [4.69, 9.17) is 9.84 Å². The first kappa shape index (κ1) is 12.4. The maximum atomic E-state index is 9.13. The Labute approximate surface area is 104 Å². The summed E-state index contributed by atoms with van der Waals surface area (Å²) in [6.07, 6.45) is 0.785. The Morgan fingerprint density at radius 2 is 2.06 bits per heavy atom. The second-order valence-corrected chi connectivity index (χ2v) is 6.24. The van der Waals surface area contributed by atoms with Crippen LogP contribution in [0, 0.1) is 0 Å². The fourth-order valence-electron chi connectivity index (χ4n) is 2.37. The topological polar surface area (TPSA) is 29.5 Å². The van der Waals surface area contributed by atoms with E-state index < -0.39 is 0 Å². The van der Waals surface area contributed by atoms with Gasteiger partial charge in [-0.1, -0.05) is 39.8 Å². The number of aliphatic hydroxyl groups is 1. The van der Waals surface area contributed by atoms with Crippen molar-refractivity contribution in [3.05, 3.63) is 29.3 Å². The summed E-state index contributed by atoms with van der Waals surface area (Å²) in [5.41, 5.74) is 2.69. The van der Waals surface area contributed by atoms with Crippen LogP contribution in [-0.2, 0) is 10.8 Å². The van der Waals surface area contributed by atoms with Crippen LogP contribution in [0.1, 0.15) is 45.2 Å². The molecule has 1 aromatic rings. The maximum absolute atomic E-state index is 9.13. The SMILES string of the molecule is CC(C)(CCO)c1ccc2c(c1)C(C)(C)CO2. The lowest BCUT2D eigenvalue weighted by atomic mass is 9.78. The van der Waals surface area contributed by atoms with Gasteiger partial charge in [-0.2, -0.15) is 0 Å². The third kappa shape index (κ3) is 2.19. The van der Waals surface area contributed by atoms with Gasteiger partial charge in [-0.3, -0.25) is 0 Å². The van der Waals surface area contributed by atoms with Crippen molar-refractivity contribution in [2.75, 3.05) is 13.2 Å². The molecule has 0 aliphatic carbocycles. The largest absolute Gasteiger partial charge is 0.492 e. The third-order valence-electron chi connectivity index (χ3n) is 3.82. The van der Waals surface area contributed by atoms with Crippen molar-refractivity contribution in [3.63, 3.8) is 0 Å². The minimum atomic E-state index is 0.0163. The van der Waals surface area contributed by atoms with Gasteiger partial charge in [0, 0.05) is 17.6 Å². The van der Waals surface area contributed by atoms with Crippen LogP contribution in [-0.4, -0.2) is 18.3 Å². The highest BCUT2D eigenvalue weighted by molar-refractivity contribution is 5.46. The maximum Gasteiger partial charge on any atom is 0.123 e. The second kappa shape index (κ2) is 4.02. The van der Waals surface area contributed by atoms with Crippen molar-refractivity contribution in [1.29, 1.82) is 0 Å². The van der Waals surface area contributed by atoms with Crippen molar-refractivity contribution >= 4 is 0 Å². The minimum absolute atomic E-state index is 0.0163. The Hall–Kier alpha value is -1.02. The summed E-state index contributed by atoms with van der Waals surface area (Å²) in [4.78, 5) is 0. The standard InChI is InChI=1S/C15H22O2/c1-14(2,7-8-16)11-5-6-13-12(9-11)15(3,4)10-17-13/h5-6,9,16H,7-8,10H2,1-4H3. The van der Waals surface area contributed by atoms with Gasteiger partial charge in [0.25, 0.3) is 0 Å². The molecule has 0 aromatic heterocycles. The Kier molecular flexibility index (Phi) is 2.94. The van der Waals surface area contributed by atoms with Gasteiger partial charge in [0.15, 0.2) is 0 Å². The summed E-state index contributed by atoms with van der Waals surface area (Å²) in [5.74, 6) is 1.01. The van der Waals surface area contributed by atoms with Gasteiger partial charge in [-0.25, -0.2) is 0 Å². The Balaban J connectivity index is 2.40. The van der Waals surface area contributed by atoms with Crippen LogP contribution in [0.5, 0.6) is 5.75 Å². The molecule has 0 saturated heterocycles. The molecular formula is C15H22O2. The van der Waals surface area contributed by atoms with E-state index in [1.165, 1.54) is 11.1 Å². The molecule has 1 N–H and O–H groups in total. The van der Waals surface area contributed by atoms with E-state index in [1.807, 2.05) is 0 Å². The van der Waals surface area contributed by atoms with Crippen molar-refractivity contribution in [1.82, 2.24) is 0 Å². The summed E-state index contributed by atoms with van der Waals surface area (Å²) in [6.45, 7) is 9.75. The molecule has 2 rings (SSSR count). The Morgan fingerprint density at radius 3 is 2.71 bits per heavy atom. The van der Waals surface area contributed by atoms with E-state index in [0.29, 0.717) is 0 Å². The van der Waals surface area contributed by atoms with Gasteiger partial charge in [0.1, 0.15) is 5.75 Å². The molecule has 1 heterocycles. The van der Waals surface area contributed by atoms with Gasteiger partial charge < -0.3 is 9.84 Å². The zero-order chi connectivity index (χ0) is 12.7. The van der Waals surface area contributed by atoms with Gasteiger partial charge in [-0.05, 0) is 23.5 Å². The van der Waals surface area contributed by atoms with E-state index in [-0.39, 0.29) is 17.4 Å². The fraction of sp³-hybridized carbons (Fsp3) is 0.600. The second-order valence-electron chi connectivity index (χ2n) is 6.24. The molecule has 17 heavy (non-hydrogen) atoms. The molecule has 0 atom stereocenters. The molecule has 2 nitrogen and oxygen atoms in total. The van der Waals surface area contributed by atoms with E-state index in [2.05, 4.69) is 45.9 Å². The smallest absolute Gasteiger partial charge is 0.123 e. The summed E-state index contributed by atoms with van der Waals surface area (Å²) in [7, 11) is 0. The predicted octanol–water partition coefficient (Wildman–Crippen LogP) is 3.02. The number of benzene rings is 1. The van der Waals surface area contributed by atoms with Crippen LogP contribution in [0.15, 0.2) is 18.2 Å². The molecule has 0 saturated carbocycles. The zero-order valence-corrected chi connectivity index (χ0v) is 11.2. The Morgan fingerprint density at radius 1 is 1.35 bits per heavy atom. The van der Waals surface area contributed by atoms with Crippen LogP contribution in [0.2, 0.25) is 0 Å². The van der Waals surface area contributed by atoms with Crippen LogP contribution in [0.4, 0.5) is 0 Å². The van der Waals surface area contributed by atoms with E-state index in [0.717, 1.165) is 18.8 Å². The van der Waals surface area contributed by atoms with Gasteiger partial charge in [0.05, 0.1) is 6.61 Å². The molecule has 0 radical (unpaired) electrons. The highest BCUT2D eigenvalue weighted by atomic mass is 16.5. The summed E-state index contributed by atoms with van der Waals surface area (Å²) >= 11 is 0. The van der Waals surface area contributed by atoms with Crippen LogP contribution >= 0.6 is 0 Å². The first-order valence-corrected chi connectivity index (χ1v) is 6.25. The molecule has 1 aliphatic heterocycles. The normalized spacial score (nSPS) is 17.7. The number of rotatable bonds is 3. The molecule has 0 spiro atoms. The molecule has 94 valence electrons. The van der Waals surface area contributed by atoms with Crippen molar-refractivity contribution in [3.8, 4) is 5.75 Å². The summed E-state index contributed by atoms with van der Waals surface area (Å²) < 4.78 is 5.69. The average molecular weight is 234 g/mol. The molecule has 0 bridgehead atoms.